The first-order valence-electron chi connectivity index (χ1n) is 9.46. The average molecular weight is 439 g/mol. The Hall–Kier alpha value is -3.66. The molecule has 3 aromatic heterocycles. The van der Waals surface area contributed by atoms with Crippen LogP contribution in [0.4, 0.5) is 4.39 Å². The topological polar surface area (TPSA) is 113 Å². The van der Waals surface area contributed by atoms with E-state index in [1.807, 2.05) is 19.1 Å². The number of hydrogen-bond donors (Lipinski definition) is 1. The second-order valence-corrected chi connectivity index (χ2v) is 8.17. The minimum absolute atomic E-state index is 0.104. The van der Waals surface area contributed by atoms with Crippen molar-refractivity contribution in [2.24, 2.45) is 5.73 Å². The molecule has 2 N–H and O–H groups in total. The zero-order chi connectivity index (χ0) is 22.3. The number of primary amides is 1. The van der Waals surface area contributed by atoms with Crippen LogP contribution in [-0.4, -0.2) is 30.8 Å². The molecule has 8 nitrogen and oxygen atoms in total. The summed E-state index contributed by atoms with van der Waals surface area (Å²) in [6, 6.07) is 8.73. The van der Waals surface area contributed by atoms with Crippen LogP contribution in [0, 0.1) is 12.7 Å². The Labute approximate surface area is 179 Å². The van der Waals surface area contributed by atoms with Crippen molar-refractivity contribution in [3.8, 4) is 10.7 Å². The number of aromatic nitrogens is 4. The highest BCUT2D eigenvalue weighted by molar-refractivity contribution is 7.15. The van der Waals surface area contributed by atoms with E-state index in [9.17, 15) is 18.8 Å². The Morgan fingerprint density at radius 2 is 1.81 bits per heavy atom. The zero-order valence-corrected chi connectivity index (χ0v) is 17.6. The standard InChI is InChI=1S/C21H18FN5O3S/c1-3-26-20-17(16(18(23)29)24-19(25-20)15-9-4-11(2)31-15)27(21(26)30)10-14(28)12-5-7-13(22)8-6-12/h4-9H,3,10H2,1-2H3,(H2,23,29). The van der Waals surface area contributed by atoms with Crippen LogP contribution < -0.4 is 11.4 Å². The number of carbonyl (C=O) groups excluding carboxylic acids is 2. The van der Waals surface area contributed by atoms with Crippen LogP contribution in [-0.2, 0) is 13.1 Å². The van der Waals surface area contributed by atoms with E-state index >= 15 is 0 Å². The average Bonchev–Trinajstić information content (AvgIpc) is 3.29. The first-order chi connectivity index (χ1) is 14.8. The summed E-state index contributed by atoms with van der Waals surface area (Å²) < 4.78 is 15.7. The summed E-state index contributed by atoms with van der Waals surface area (Å²) in [4.78, 5) is 48.7. The number of hydrogen-bond acceptors (Lipinski definition) is 6. The van der Waals surface area contributed by atoms with Gasteiger partial charge in [0.2, 0.25) is 0 Å². The maximum absolute atomic E-state index is 13.2. The molecular formula is C21H18FN5O3S. The molecule has 0 aliphatic carbocycles. The number of nitrogens with zero attached hydrogens (tertiary/aromatic N) is 4. The monoisotopic (exact) mass is 439 g/mol. The molecule has 3 heterocycles. The van der Waals surface area contributed by atoms with E-state index in [2.05, 4.69) is 9.97 Å². The van der Waals surface area contributed by atoms with Crippen LogP contribution >= 0.6 is 11.3 Å². The van der Waals surface area contributed by atoms with Gasteiger partial charge in [-0.1, -0.05) is 0 Å². The molecule has 1 aromatic carbocycles. The summed E-state index contributed by atoms with van der Waals surface area (Å²) in [5.41, 5.74) is 5.50. The van der Waals surface area contributed by atoms with Gasteiger partial charge in [0, 0.05) is 17.0 Å². The summed E-state index contributed by atoms with van der Waals surface area (Å²) in [5.74, 6) is -1.45. The van der Waals surface area contributed by atoms with E-state index in [-0.39, 0.29) is 41.3 Å². The van der Waals surface area contributed by atoms with Crippen LogP contribution in [0.5, 0.6) is 0 Å². The predicted molar refractivity (Wildman–Crippen MR) is 115 cm³/mol. The molecule has 0 atom stereocenters. The maximum atomic E-state index is 13.2. The van der Waals surface area contributed by atoms with Crippen LogP contribution in [0.25, 0.3) is 21.9 Å². The van der Waals surface area contributed by atoms with Gasteiger partial charge in [-0.3, -0.25) is 18.7 Å². The lowest BCUT2D eigenvalue weighted by atomic mass is 10.1. The van der Waals surface area contributed by atoms with Gasteiger partial charge in [0.05, 0.1) is 11.4 Å². The molecule has 0 saturated carbocycles. The summed E-state index contributed by atoms with van der Waals surface area (Å²) >= 11 is 1.45. The van der Waals surface area contributed by atoms with Gasteiger partial charge in [-0.2, -0.15) is 0 Å². The van der Waals surface area contributed by atoms with E-state index < -0.39 is 23.2 Å². The van der Waals surface area contributed by atoms with Crippen LogP contribution in [0.1, 0.15) is 32.6 Å². The minimum atomic E-state index is -0.835. The highest BCUT2D eigenvalue weighted by Crippen LogP contribution is 2.27. The SMILES string of the molecule is CCn1c(=O)n(CC(=O)c2ccc(F)cc2)c2c(C(N)=O)nc(-c3ccc(C)s3)nc21. The molecule has 0 unspecified atom stereocenters. The molecule has 31 heavy (non-hydrogen) atoms. The zero-order valence-electron chi connectivity index (χ0n) is 16.8. The number of benzene rings is 1. The van der Waals surface area contributed by atoms with Crippen molar-refractivity contribution >= 4 is 34.2 Å². The highest BCUT2D eigenvalue weighted by atomic mass is 32.1. The van der Waals surface area contributed by atoms with E-state index in [1.165, 1.54) is 40.2 Å². The van der Waals surface area contributed by atoms with Crippen molar-refractivity contribution in [1.82, 2.24) is 19.1 Å². The van der Waals surface area contributed by atoms with E-state index in [0.717, 1.165) is 14.3 Å². The van der Waals surface area contributed by atoms with Gasteiger partial charge < -0.3 is 5.73 Å². The number of thiophene rings is 1. The number of nitrogens with two attached hydrogens (primary N) is 1. The van der Waals surface area contributed by atoms with E-state index in [4.69, 9.17) is 5.73 Å². The van der Waals surface area contributed by atoms with Gasteiger partial charge in [-0.05, 0) is 50.2 Å². The third-order valence-electron chi connectivity index (χ3n) is 4.83. The van der Waals surface area contributed by atoms with Crippen molar-refractivity contribution < 1.29 is 14.0 Å². The smallest absolute Gasteiger partial charge is 0.330 e. The summed E-state index contributed by atoms with van der Waals surface area (Å²) in [6.07, 6.45) is 0. The maximum Gasteiger partial charge on any atom is 0.330 e. The molecule has 4 aromatic rings. The fourth-order valence-electron chi connectivity index (χ4n) is 3.35. The van der Waals surface area contributed by atoms with Crippen molar-refractivity contribution in [1.29, 1.82) is 0 Å². The largest absolute Gasteiger partial charge is 0.364 e. The Bertz CT molecular complexity index is 1380. The molecule has 0 fully saturated rings. The third kappa shape index (κ3) is 3.66. The lowest BCUT2D eigenvalue weighted by Crippen LogP contribution is -2.27. The normalized spacial score (nSPS) is 11.2. The van der Waals surface area contributed by atoms with Gasteiger partial charge in [-0.25, -0.2) is 19.2 Å². The van der Waals surface area contributed by atoms with Crippen LogP contribution in [0.3, 0.4) is 0 Å². The molecule has 0 aliphatic heterocycles. The Kier molecular flexibility index (Phi) is 5.24. The number of amides is 1. The number of carbonyl (C=O) groups is 2. The fraction of sp³-hybridized carbons (Fsp3) is 0.190. The van der Waals surface area contributed by atoms with E-state index in [1.54, 1.807) is 6.92 Å². The van der Waals surface area contributed by atoms with Crippen molar-refractivity contribution in [2.45, 2.75) is 26.9 Å². The van der Waals surface area contributed by atoms with Gasteiger partial charge in [0.15, 0.2) is 22.9 Å². The number of Topliss-reactive ketones (excluding diaryl/α,β-unsaturated/α-hetero) is 1. The Balaban J connectivity index is 1.92. The molecule has 0 aliphatic rings. The first-order valence-corrected chi connectivity index (χ1v) is 10.3. The van der Waals surface area contributed by atoms with Gasteiger partial charge in [-0.15, -0.1) is 11.3 Å². The third-order valence-corrected chi connectivity index (χ3v) is 5.83. The predicted octanol–water partition coefficient (Wildman–Crippen LogP) is 2.77. The highest BCUT2D eigenvalue weighted by Gasteiger charge is 2.24. The molecule has 10 heteroatoms. The Morgan fingerprint density at radius 1 is 1.10 bits per heavy atom. The number of aryl methyl sites for hydroxylation is 2. The van der Waals surface area contributed by atoms with Crippen molar-refractivity contribution in [2.75, 3.05) is 0 Å². The van der Waals surface area contributed by atoms with Crippen molar-refractivity contribution in [3.63, 3.8) is 0 Å². The van der Waals surface area contributed by atoms with Crippen LogP contribution in [0.2, 0.25) is 0 Å². The molecule has 0 spiro atoms. The molecule has 0 radical (unpaired) electrons. The molecule has 158 valence electrons. The van der Waals surface area contributed by atoms with Gasteiger partial charge >= 0.3 is 5.69 Å². The second-order valence-electron chi connectivity index (χ2n) is 6.89. The molecular weight excluding hydrogens is 421 g/mol. The Morgan fingerprint density at radius 3 is 2.39 bits per heavy atom. The second kappa shape index (κ2) is 7.88. The fourth-order valence-corrected chi connectivity index (χ4v) is 4.15. The van der Waals surface area contributed by atoms with Gasteiger partial charge in [0.25, 0.3) is 5.91 Å². The number of imidazole rings is 1. The number of ketones is 1. The number of fused-ring (bicyclic) bond motifs is 1. The minimum Gasteiger partial charge on any atom is -0.364 e. The lowest BCUT2D eigenvalue weighted by Gasteiger charge is -2.07. The first kappa shape index (κ1) is 20.6. The number of halogens is 1. The van der Waals surface area contributed by atoms with Crippen LogP contribution in [0.15, 0.2) is 41.2 Å². The van der Waals surface area contributed by atoms with Crippen molar-refractivity contribution in [3.05, 3.63) is 68.8 Å². The van der Waals surface area contributed by atoms with E-state index in [0.29, 0.717) is 0 Å². The molecule has 1 amide bonds. The summed E-state index contributed by atoms with van der Waals surface area (Å²) in [5, 5.41) is 0. The lowest BCUT2D eigenvalue weighted by molar-refractivity contribution is 0.0966. The quantitative estimate of drug-likeness (QED) is 0.464. The summed E-state index contributed by atoms with van der Waals surface area (Å²) in [7, 11) is 0. The molecule has 4 rings (SSSR count). The van der Waals surface area contributed by atoms with Gasteiger partial charge in [0.1, 0.15) is 11.3 Å². The number of rotatable bonds is 6. The summed E-state index contributed by atoms with van der Waals surface area (Å²) in [6.45, 7) is 3.59. The molecule has 0 bridgehead atoms. The molecule has 0 saturated heterocycles.